The van der Waals surface area contributed by atoms with Gasteiger partial charge in [0, 0.05) is 24.2 Å². The highest BCUT2D eigenvalue weighted by molar-refractivity contribution is 7.13. The molecule has 28 heavy (non-hydrogen) atoms. The van der Waals surface area contributed by atoms with Gasteiger partial charge in [0.25, 0.3) is 0 Å². The van der Waals surface area contributed by atoms with Gasteiger partial charge in [-0.15, -0.1) is 11.3 Å². The van der Waals surface area contributed by atoms with Crippen molar-refractivity contribution in [1.82, 2.24) is 24.8 Å². The summed E-state index contributed by atoms with van der Waals surface area (Å²) in [7, 11) is 1.57. The first kappa shape index (κ1) is 18.1. The minimum Gasteiger partial charge on any atom is -0.486 e. The van der Waals surface area contributed by atoms with Gasteiger partial charge in [-0.25, -0.2) is 9.78 Å². The van der Waals surface area contributed by atoms with Crippen LogP contribution in [0.1, 0.15) is 16.7 Å². The summed E-state index contributed by atoms with van der Waals surface area (Å²) in [6.45, 7) is 4.39. The zero-order chi connectivity index (χ0) is 19.7. The number of nitrogens with zero attached hydrogens (tertiary/aromatic N) is 5. The first-order valence-electron chi connectivity index (χ1n) is 8.76. The van der Waals surface area contributed by atoms with Crippen LogP contribution in [0.4, 0.5) is 0 Å². The molecular formula is C20H19N5O2S. The van der Waals surface area contributed by atoms with Crippen molar-refractivity contribution in [1.29, 1.82) is 0 Å². The second-order valence-corrected chi connectivity index (χ2v) is 7.38. The Morgan fingerprint density at radius 3 is 2.64 bits per heavy atom. The van der Waals surface area contributed by atoms with E-state index < -0.39 is 0 Å². The number of aryl methyl sites for hydroxylation is 3. The Bertz CT molecular complexity index is 1180. The van der Waals surface area contributed by atoms with Crippen molar-refractivity contribution >= 4 is 11.3 Å². The van der Waals surface area contributed by atoms with Gasteiger partial charge in [0.05, 0.1) is 0 Å². The molecule has 0 N–H and O–H groups in total. The minimum absolute atomic E-state index is 0.320. The first-order valence-corrected chi connectivity index (χ1v) is 9.64. The van der Waals surface area contributed by atoms with Gasteiger partial charge in [0.15, 0.2) is 0 Å². The third kappa shape index (κ3) is 3.34. The van der Waals surface area contributed by atoms with Crippen molar-refractivity contribution in [2.75, 3.05) is 0 Å². The molecule has 2 aromatic carbocycles. The average Bonchev–Trinajstić information content (AvgIpc) is 3.33. The molecule has 0 fully saturated rings. The number of hydrogen-bond acceptors (Lipinski definition) is 6. The molecule has 0 atom stereocenters. The molecule has 0 radical (unpaired) electrons. The Hall–Kier alpha value is -3.26. The van der Waals surface area contributed by atoms with Gasteiger partial charge in [-0.05, 0) is 53.1 Å². The average molecular weight is 393 g/mol. The summed E-state index contributed by atoms with van der Waals surface area (Å²) in [6, 6.07) is 11.8. The maximum atomic E-state index is 12.3. The minimum atomic E-state index is -0.320. The summed E-state index contributed by atoms with van der Waals surface area (Å²) >= 11 is 1.62. The molecule has 8 heteroatoms. The monoisotopic (exact) mass is 393 g/mol. The number of aromatic nitrogens is 5. The van der Waals surface area contributed by atoms with Crippen molar-refractivity contribution in [3.05, 3.63) is 75.1 Å². The first-order chi connectivity index (χ1) is 13.5. The summed E-state index contributed by atoms with van der Waals surface area (Å²) < 4.78 is 8.57. The van der Waals surface area contributed by atoms with Crippen molar-refractivity contribution in [2.45, 2.75) is 20.5 Å². The van der Waals surface area contributed by atoms with E-state index in [9.17, 15) is 4.79 Å². The van der Waals surface area contributed by atoms with E-state index in [-0.39, 0.29) is 5.69 Å². The van der Waals surface area contributed by atoms with Crippen LogP contribution in [0.3, 0.4) is 0 Å². The van der Waals surface area contributed by atoms with E-state index in [1.165, 1.54) is 9.36 Å². The number of tetrazole rings is 1. The highest BCUT2D eigenvalue weighted by Crippen LogP contribution is 2.28. The summed E-state index contributed by atoms with van der Waals surface area (Å²) in [4.78, 5) is 16.6. The highest BCUT2D eigenvalue weighted by Gasteiger charge is 2.15. The quantitative estimate of drug-likeness (QED) is 0.520. The third-order valence-corrected chi connectivity index (χ3v) is 5.36. The van der Waals surface area contributed by atoms with E-state index in [1.807, 2.05) is 24.4 Å². The lowest BCUT2D eigenvalue weighted by Crippen LogP contribution is -2.22. The summed E-state index contributed by atoms with van der Waals surface area (Å²) in [5.41, 5.74) is 4.47. The number of hydrogen-bond donors (Lipinski definition) is 0. The Kier molecular flexibility index (Phi) is 4.79. The highest BCUT2D eigenvalue weighted by atomic mass is 32.1. The molecule has 2 heterocycles. The molecule has 0 bridgehead atoms. The van der Waals surface area contributed by atoms with Crippen LogP contribution in [-0.4, -0.2) is 24.8 Å². The van der Waals surface area contributed by atoms with E-state index in [2.05, 4.69) is 40.5 Å². The molecule has 0 aliphatic heterocycles. The fraction of sp³-hybridized carbons (Fsp3) is 0.200. The second kappa shape index (κ2) is 7.40. The maximum absolute atomic E-state index is 12.3. The third-order valence-electron chi connectivity index (χ3n) is 4.53. The fourth-order valence-electron chi connectivity index (χ4n) is 2.96. The molecular weight excluding hydrogens is 374 g/mol. The zero-order valence-electron chi connectivity index (χ0n) is 15.8. The largest absolute Gasteiger partial charge is 0.486 e. The summed E-state index contributed by atoms with van der Waals surface area (Å²) in [6.07, 6.45) is 1.81. The normalized spacial score (nSPS) is 11.0. The van der Waals surface area contributed by atoms with Crippen LogP contribution in [-0.2, 0) is 13.7 Å². The van der Waals surface area contributed by atoms with Gasteiger partial charge < -0.3 is 4.74 Å². The van der Waals surface area contributed by atoms with E-state index in [4.69, 9.17) is 4.74 Å². The van der Waals surface area contributed by atoms with Crippen LogP contribution in [0.25, 0.3) is 16.3 Å². The predicted molar refractivity (Wildman–Crippen MR) is 108 cm³/mol. The molecule has 4 aromatic rings. The number of rotatable bonds is 5. The van der Waals surface area contributed by atoms with E-state index in [1.54, 1.807) is 30.6 Å². The van der Waals surface area contributed by atoms with Gasteiger partial charge in [0.1, 0.15) is 23.1 Å². The Morgan fingerprint density at radius 1 is 1.11 bits per heavy atom. The fourth-order valence-corrected chi connectivity index (χ4v) is 3.60. The smallest absolute Gasteiger partial charge is 0.368 e. The van der Waals surface area contributed by atoms with Crippen molar-refractivity contribution in [3.63, 3.8) is 0 Å². The SMILES string of the molecule is Cc1cc(-c2nccs2)ccc1COc1c(C)cccc1-n1nnn(C)c1=O. The number of para-hydroxylation sites is 1. The molecule has 0 unspecified atom stereocenters. The van der Waals surface area contributed by atoms with Crippen LogP contribution in [0.5, 0.6) is 5.75 Å². The molecule has 142 valence electrons. The van der Waals surface area contributed by atoms with Gasteiger partial charge >= 0.3 is 5.69 Å². The van der Waals surface area contributed by atoms with Gasteiger partial charge in [-0.3, -0.25) is 0 Å². The van der Waals surface area contributed by atoms with Crippen LogP contribution < -0.4 is 10.4 Å². The molecule has 0 aliphatic rings. The molecule has 0 saturated heterocycles. The Balaban J connectivity index is 1.62. The van der Waals surface area contributed by atoms with Crippen molar-refractivity contribution in [2.24, 2.45) is 7.05 Å². The molecule has 2 aromatic heterocycles. The van der Waals surface area contributed by atoms with E-state index in [0.29, 0.717) is 18.0 Å². The van der Waals surface area contributed by atoms with Crippen LogP contribution in [0.2, 0.25) is 0 Å². The second-order valence-electron chi connectivity index (χ2n) is 6.49. The van der Waals surface area contributed by atoms with Crippen LogP contribution in [0.15, 0.2) is 52.8 Å². The predicted octanol–water partition coefficient (Wildman–Crippen LogP) is 3.29. The Labute approximate surface area is 165 Å². The number of thiazole rings is 1. The lowest BCUT2D eigenvalue weighted by molar-refractivity contribution is 0.301. The van der Waals surface area contributed by atoms with Crippen molar-refractivity contribution in [3.8, 4) is 22.0 Å². The molecule has 0 amide bonds. The molecule has 0 saturated carbocycles. The van der Waals surface area contributed by atoms with Gasteiger partial charge in [-0.1, -0.05) is 24.3 Å². The lowest BCUT2D eigenvalue weighted by Gasteiger charge is -2.14. The zero-order valence-corrected chi connectivity index (χ0v) is 16.6. The van der Waals surface area contributed by atoms with E-state index >= 15 is 0 Å². The lowest BCUT2D eigenvalue weighted by atomic mass is 10.1. The standard InChI is InChI=1S/C20H19N5O2S/c1-13-5-4-6-17(25-20(26)24(3)22-23-25)18(13)27-12-16-8-7-15(11-14(16)2)19-21-9-10-28-19/h4-11H,12H2,1-3H3. The topological polar surface area (TPSA) is 74.8 Å². The van der Waals surface area contributed by atoms with Gasteiger partial charge in [0.2, 0.25) is 0 Å². The van der Waals surface area contributed by atoms with Crippen molar-refractivity contribution < 1.29 is 4.74 Å². The van der Waals surface area contributed by atoms with E-state index in [0.717, 1.165) is 27.3 Å². The van der Waals surface area contributed by atoms with Crippen LogP contribution in [0, 0.1) is 13.8 Å². The molecule has 7 nitrogen and oxygen atoms in total. The Morgan fingerprint density at radius 2 is 1.96 bits per heavy atom. The summed E-state index contributed by atoms with van der Waals surface area (Å²) in [5.74, 6) is 0.619. The van der Waals surface area contributed by atoms with Gasteiger partial charge in [-0.2, -0.15) is 9.36 Å². The molecule has 4 rings (SSSR count). The summed E-state index contributed by atoms with van der Waals surface area (Å²) in [5, 5.41) is 10.7. The molecule has 0 spiro atoms. The number of benzene rings is 2. The molecule has 0 aliphatic carbocycles. The number of ether oxygens (including phenoxy) is 1. The van der Waals surface area contributed by atoms with Crippen LogP contribution >= 0.6 is 11.3 Å². The maximum Gasteiger partial charge on any atom is 0.368 e.